The predicted octanol–water partition coefficient (Wildman–Crippen LogP) is 5.22. The Bertz CT molecular complexity index is 2550. The molecule has 4 aromatic carbocycles. The van der Waals surface area contributed by atoms with Gasteiger partial charge in [0.25, 0.3) is 11.8 Å². The minimum absolute atomic E-state index is 0.0114. The highest BCUT2D eigenvalue weighted by Gasteiger charge is 2.24. The minimum Gasteiger partial charge on any atom is -0.476 e. The molecule has 16 heteroatoms. The van der Waals surface area contributed by atoms with Crippen molar-refractivity contribution in [2.45, 2.75) is 4.90 Å². The number of ether oxygens (including phenoxy) is 2. The van der Waals surface area contributed by atoms with Gasteiger partial charge < -0.3 is 19.7 Å². The molecule has 0 saturated heterocycles. The lowest BCUT2D eigenvalue weighted by atomic mass is 10.1. The number of aromatic nitrogens is 6. The van der Waals surface area contributed by atoms with E-state index >= 15 is 0 Å². The van der Waals surface area contributed by atoms with Crippen molar-refractivity contribution in [2.75, 3.05) is 6.26 Å². The van der Waals surface area contributed by atoms with E-state index in [1.54, 1.807) is 36.4 Å². The van der Waals surface area contributed by atoms with Crippen LogP contribution in [0.25, 0.3) is 5.69 Å². The van der Waals surface area contributed by atoms with E-state index in [2.05, 4.69) is 49.4 Å². The van der Waals surface area contributed by atoms with Crippen LogP contribution in [0.2, 0.25) is 5.02 Å². The number of nitrogens with one attached hydrogen (secondary N) is 1. The number of hydrogen-bond donors (Lipinski definition) is 3. The smallest absolute Gasteiger partial charge is 0.360 e. The van der Waals surface area contributed by atoms with Crippen LogP contribution in [0.4, 0.5) is 0 Å². The Kier molecular flexibility index (Phi) is 9.50. The fourth-order valence-corrected chi connectivity index (χ4v) is 5.49. The van der Waals surface area contributed by atoms with Gasteiger partial charge in [0.15, 0.2) is 9.84 Å². The number of aromatic amines is 1. The molecular weight excluding hydrogens is 700 g/mol. The summed E-state index contributed by atoms with van der Waals surface area (Å²) in [7, 11) is -3.75. The van der Waals surface area contributed by atoms with E-state index in [0.717, 1.165) is 10.9 Å². The summed E-state index contributed by atoms with van der Waals surface area (Å²) in [5.74, 6) is 8.60. The second-order valence-corrected chi connectivity index (χ2v) is 12.8. The van der Waals surface area contributed by atoms with Crippen LogP contribution in [0.5, 0.6) is 23.3 Å². The van der Waals surface area contributed by atoms with Gasteiger partial charge in [0.2, 0.25) is 11.4 Å². The molecule has 0 spiro atoms. The maximum absolute atomic E-state index is 12.6. The largest absolute Gasteiger partial charge is 0.476 e. The molecule has 6 aromatic rings. The molecule has 0 fully saturated rings. The van der Waals surface area contributed by atoms with Gasteiger partial charge in [0.1, 0.15) is 11.5 Å². The zero-order chi connectivity index (χ0) is 36.1. The second kappa shape index (κ2) is 14.3. The Hall–Kier alpha value is -6.94. The van der Waals surface area contributed by atoms with Gasteiger partial charge in [-0.2, -0.15) is 0 Å². The monoisotopic (exact) mass is 720 g/mol. The molecule has 0 radical (unpaired) electrons. The normalized spacial score (nSPS) is 10.7. The SMILES string of the molecule is CS(=O)(=O)c1cc(Oc2nnn(-c3ccc(C#Cc4cc(Oc5nn[nH]c5C(=O)O)ccc4Cl)cc3)c2C(=O)O)ccc1C#Cc1ccccc1. The van der Waals surface area contributed by atoms with Gasteiger partial charge in [-0.05, 0) is 66.7 Å². The third kappa shape index (κ3) is 7.87. The Labute approximate surface area is 294 Å². The van der Waals surface area contributed by atoms with E-state index in [4.69, 9.17) is 21.1 Å². The van der Waals surface area contributed by atoms with Crippen LogP contribution < -0.4 is 9.47 Å². The maximum atomic E-state index is 12.6. The van der Waals surface area contributed by atoms with Crippen molar-refractivity contribution in [1.29, 1.82) is 0 Å². The van der Waals surface area contributed by atoms with Crippen LogP contribution in [0.1, 0.15) is 43.2 Å². The van der Waals surface area contributed by atoms with Crippen molar-refractivity contribution in [2.24, 2.45) is 0 Å². The molecule has 0 unspecified atom stereocenters. The first-order valence-corrected chi connectivity index (χ1v) is 16.8. The molecule has 14 nitrogen and oxygen atoms in total. The van der Waals surface area contributed by atoms with Crippen molar-refractivity contribution in [3.8, 4) is 52.6 Å². The Balaban J connectivity index is 1.23. The highest BCUT2D eigenvalue weighted by Crippen LogP contribution is 2.29. The fraction of sp³-hybridized carbons (Fsp3) is 0.0286. The lowest BCUT2D eigenvalue weighted by molar-refractivity contribution is 0.0674. The molecule has 51 heavy (non-hydrogen) atoms. The second-order valence-electron chi connectivity index (χ2n) is 10.4. The molecule has 0 atom stereocenters. The number of carboxylic acid groups (broad SMARTS) is 2. The molecule has 0 amide bonds. The van der Waals surface area contributed by atoms with E-state index in [1.807, 2.05) is 18.2 Å². The van der Waals surface area contributed by atoms with E-state index in [9.17, 15) is 28.2 Å². The van der Waals surface area contributed by atoms with Gasteiger partial charge in [-0.15, -0.1) is 0 Å². The molecule has 0 aliphatic heterocycles. The molecule has 252 valence electrons. The summed E-state index contributed by atoms with van der Waals surface area (Å²) in [6, 6.07) is 24.1. The number of hydrogen-bond acceptors (Lipinski definition) is 10. The van der Waals surface area contributed by atoms with Crippen molar-refractivity contribution >= 4 is 33.4 Å². The summed E-state index contributed by atoms with van der Waals surface area (Å²) in [6.45, 7) is 0. The maximum Gasteiger partial charge on any atom is 0.360 e. The molecule has 0 aliphatic rings. The average Bonchev–Trinajstić information content (AvgIpc) is 3.76. The predicted molar refractivity (Wildman–Crippen MR) is 181 cm³/mol. The molecule has 2 heterocycles. The Morgan fingerprint density at radius 2 is 1.41 bits per heavy atom. The molecule has 0 aliphatic carbocycles. The number of nitrogens with zero attached hydrogens (tertiary/aromatic N) is 5. The minimum atomic E-state index is -3.75. The number of halogens is 1. The lowest BCUT2D eigenvalue weighted by Crippen LogP contribution is -2.09. The van der Waals surface area contributed by atoms with E-state index in [-0.39, 0.29) is 39.4 Å². The number of aromatic carboxylic acids is 2. The summed E-state index contributed by atoms with van der Waals surface area (Å²) in [5, 5.41) is 36.7. The zero-order valence-electron chi connectivity index (χ0n) is 26.0. The fourth-order valence-electron chi connectivity index (χ4n) is 4.48. The van der Waals surface area contributed by atoms with Crippen LogP contribution in [0, 0.1) is 23.7 Å². The van der Waals surface area contributed by atoms with Crippen LogP contribution in [0.15, 0.2) is 95.9 Å². The average molecular weight is 721 g/mol. The zero-order valence-corrected chi connectivity index (χ0v) is 27.6. The van der Waals surface area contributed by atoms with Crippen LogP contribution in [0.3, 0.4) is 0 Å². The number of rotatable bonds is 8. The first kappa shape index (κ1) is 33.9. The van der Waals surface area contributed by atoms with Crippen molar-refractivity contribution in [1.82, 2.24) is 30.4 Å². The first-order chi connectivity index (χ1) is 24.5. The summed E-state index contributed by atoms with van der Waals surface area (Å²) in [6.07, 6.45) is 1.03. The van der Waals surface area contributed by atoms with Gasteiger partial charge in [-0.25, -0.2) is 27.8 Å². The van der Waals surface area contributed by atoms with Gasteiger partial charge in [-0.3, -0.25) is 0 Å². The molecule has 6 rings (SSSR count). The quantitative estimate of drug-likeness (QED) is 0.173. The highest BCUT2D eigenvalue weighted by atomic mass is 35.5. The third-order valence-electron chi connectivity index (χ3n) is 6.86. The Morgan fingerprint density at radius 1 is 0.765 bits per heavy atom. The van der Waals surface area contributed by atoms with Gasteiger partial charge >= 0.3 is 11.9 Å². The summed E-state index contributed by atoms with van der Waals surface area (Å²) < 4.78 is 37.5. The van der Waals surface area contributed by atoms with Gasteiger partial charge in [0, 0.05) is 34.6 Å². The number of carbonyl (C=O) groups is 2. The molecular formula is C35H21ClN6O8S. The van der Waals surface area contributed by atoms with E-state index < -0.39 is 27.5 Å². The van der Waals surface area contributed by atoms with Crippen LogP contribution >= 0.6 is 11.6 Å². The molecule has 2 aromatic heterocycles. The topological polar surface area (TPSA) is 199 Å². The van der Waals surface area contributed by atoms with E-state index in [0.29, 0.717) is 27.4 Å². The number of sulfone groups is 1. The summed E-state index contributed by atoms with van der Waals surface area (Å²) in [4.78, 5) is 23.5. The van der Waals surface area contributed by atoms with Gasteiger partial charge in [-0.1, -0.05) is 74.1 Å². The van der Waals surface area contributed by atoms with Gasteiger partial charge in [0.05, 0.1) is 15.6 Å². The summed E-state index contributed by atoms with van der Waals surface area (Å²) >= 11 is 6.31. The van der Waals surface area contributed by atoms with E-state index in [1.165, 1.54) is 36.4 Å². The third-order valence-corrected chi connectivity index (χ3v) is 8.33. The number of benzene rings is 4. The Morgan fingerprint density at radius 3 is 2.10 bits per heavy atom. The summed E-state index contributed by atoms with van der Waals surface area (Å²) in [5.41, 5.74) is 1.42. The lowest BCUT2D eigenvalue weighted by Gasteiger charge is -2.08. The molecule has 3 N–H and O–H groups in total. The highest BCUT2D eigenvalue weighted by molar-refractivity contribution is 7.90. The van der Waals surface area contributed by atoms with Crippen molar-refractivity contribution in [3.63, 3.8) is 0 Å². The molecule has 0 saturated carbocycles. The number of H-pyrrole nitrogens is 1. The van der Waals surface area contributed by atoms with Crippen molar-refractivity contribution in [3.05, 3.63) is 130 Å². The van der Waals surface area contributed by atoms with Crippen LogP contribution in [-0.4, -0.2) is 67.2 Å². The standard InChI is InChI=1S/C35H21ClN6O8S/c1-51(47,48)29-20-27(16-13-23(29)11-7-21-5-3-2-4-6-21)50-33-31(35(45)46)42(41-39-33)25-14-9-22(10-15-25)8-12-24-19-26(17-18-28(24)36)49-32-30(34(43)44)37-40-38-32/h2-6,9-10,13-20H,1H3,(H,43,44)(H,45,46)(H,37,38,40). The molecule has 0 bridgehead atoms. The number of carboxylic acids is 2. The first-order valence-electron chi connectivity index (χ1n) is 14.5. The van der Waals surface area contributed by atoms with Crippen molar-refractivity contribution < 1.29 is 37.7 Å². The van der Waals surface area contributed by atoms with Crippen LogP contribution in [-0.2, 0) is 9.84 Å².